The number of morpholine rings is 1. The average Bonchev–Trinajstić information content (AvgIpc) is 2.84. The molecule has 3 atom stereocenters. The van der Waals surface area contributed by atoms with Gasteiger partial charge in [0, 0.05) is 19.6 Å². The predicted octanol–water partition coefficient (Wildman–Crippen LogP) is 0.423. The number of furan rings is 1. The molecule has 20 heavy (non-hydrogen) atoms. The molecule has 0 bridgehead atoms. The van der Waals surface area contributed by atoms with Crippen LogP contribution in [0.2, 0.25) is 0 Å². The highest BCUT2D eigenvalue weighted by atomic mass is 16.5. The van der Waals surface area contributed by atoms with E-state index < -0.39 is 0 Å². The van der Waals surface area contributed by atoms with Crippen LogP contribution in [0.25, 0.3) is 0 Å². The number of carbonyl (C=O) groups is 1. The largest absolute Gasteiger partial charge is 0.465 e. The lowest BCUT2D eigenvalue weighted by Crippen LogP contribution is -2.56. The van der Waals surface area contributed by atoms with Crippen LogP contribution in [0, 0.1) is 6.92 Å². The van der Waals surface area contributed by atoms with Gasteiger partial charge in [-0.25, -0.2) is 0 Å². The van der Waals surface area contributed by atoms with Crippen LogP contribution in [0.15, 0.2) is 16.5 Å². The molecule has 0 aliphatic carbocycles. The van der Waals surface area contributed by atoms with Crippen molar-refractivity contribution < 1.29 is 13.9 Å². The van der Waals surface area contributed by atoms with Crippen molar-refractivity contribution in [2.45, 2.75) is 32.0 Å². The van der Waals surface area contributed by atoms with E-state index in [2.05, 4.69) is 10.2 Å². The maximum atomic E-state index is 12.0. The van der Waals surface area contributed by atoms with Crippen LogP contribution in [-0.2, 0) is 9.53 Å². The molecule has 2 rings (SSSR count). The number of likely N-dealkylation sites (N-methyl/N-ethyl adjacent to an activating group) is 1. The minimum absolute atomic E-state index is 0.0568. The SMILES string of the molecule is CNC(=O)C1COCCN1C(c1ccc(C)o1)C(C)N. The summed E-state index contributed by atoms with van der Waals surface area (Å²) in [6.45, 7) is 5.46. The Morgan fingerprint density at radius 2 is 2.30 bits per heavy atom. The lowest BCUT2D eigenvalue weighted by Gasteiger charge is -2.40. The second-order valence-electron chi connectivity index (χ2n) is 5.20. The minimum atomic E-state index is -0.338. The van der Waals surface area contributed by atoms with E-state index in [1.165, 1.54) is 0 Å². The Morgan fingerprint density at radius 3 is 2.85 bits per heavy atom. The number of rotatable bonds is 4. The molecule has 112 valence electrons. The maximum Gasteiger partial charge on any atom is 0.239 e. The van der Waals surface area contributed by atoms with Crippen LogP contribution in [-0.4, -0.2) is 49.7 Å². The first-order valence-electron chi connectivity index (χ1n) is 6.91. The Balaban J connectivity index is 2.28. The fourth-order valence-corrected chi connectivity index (χ4v) is 2.68. The summed E-state index contributed by atoms with van der Waals surface area (Å²) < 4.78 is 11.2. The Kier molecular flexibility index (Phi) is 4.80. The lowest BCUT2D eigenvalue weighted by atomic mass is 10.0. The number of aryl methyl sites for hydroxylation is 1. The van der Waals surface area contributed by atoms with Crippen molar-refractivity contribution in [3.63, 3.8) is 0 Å². The first-order valence-corrected chi connectivity index (χ1v) is 6.91. The van der Waals surface area contributed by atoms with Gasteiger partial charge in [-0.1, -0.05) is 0 Å². The first kappa shape index (κ1) is 15.0. The van der Waals surface area contributed by atoms with Crippen molar-refractivity contribution in [1.29, 1.82) is 0 Å². The van der Waals surface area contributed by atoms with E-state index in [9.17, 15) is 4.79 Å². The topological polar surface area (TPSA) is 80.7 Å². The van der Waals surface area contributed by atoms with Crippen molar-refractivity contribution in [3.8, 4) is 0 Å². The monoisotopic (exact) mass is 281 g/mol. The summed E-state index contributed by atoms with van der Waals surface area (Å²) in [5.41, 5.74) is 6.14. The highest BCUT2D eigenvalue weighted by Crippen LogP contribution is 2.28. The van der Waals surface area contributed by atoms with Gasteiger partial charge in [0.1, 0.15) is 17.6 Å². The van der Waals surface area contributed by atoms with Gasteiger partial charge in [-0.15, -0.1) is 0 Å². The van der Waals surface area contributed by atoms with Gasteiger partial charge in [0.25, 0.3) is 0 Å². The molecule has 1 amide bonds. The predicted molar refractivity (Wildman–Crippen MR) is 75.2 cm³/mol. The molecule has 0 radical (unpaired) electrons. The minimum Gasteiger partial charge on any atom is -0.465 e. The van der Waals surface area contributed by atoms with E-state index in [-0.39, 0.29) is 24.0 Å². The van der Waals surface area contributed by atoms with Gasteiger partial charge in [-0.05, 0) is 26.0 Å². The smallest absolute Gasteiger partial charge is 0.239 e. The third kappa shape index (κ3) is 3.03. The number of carbonyl (C=O) groups excluding carboxylic acids is 1. The summed E-state index contributed by atoms with van der Waals surface area (Å²) in [4.78, 5) is 14.1. The van der Waals surface area contributed by atoms with Crippen LogP contribution in [0.4, 0.5) is 0 Å². The molecule has 1 saturated heterocycles. The summed E-state index contributed by atoms with van der Waals surface area (Å²) >= 11 is 0. The second kappa shape index (κ2) is 6.39. The highest BCUT2D eigenvalue weighted by Gasteiger charge is 2.37. The van der Waals surface area contributed by atoms with E-state index in [1.807, 2.05) is 26.0 Å². The van der Waals surface area contributed by atoms with E-state index in [0.29, 0.717) is 19.8 Å². The van der Waals surface area contributed by atoms with Crippen molar-refractivity contribution in [2.24, 2.45) is 5.73 Å². The standard InChI is InChI=1S/C14H23N3O3/c1-9-4-5-12(20-9)13(10(2)15)17-6-7-19-8-11(17)14(18)16-3/h4-5,10-11,13H,6-8,15H2,1-3H3,(H,16,18). The summed E-state index contributed by atoms with van der Waals surface area (Å²) in [6, 6.07) is 3.23. The third-order valence-electron chi connectivity index (χ3n) is 3.63. The van der Waals surface area contributed by atoms with Crippen LogP contribution in [0.5, 0.6) is 0 Å². The normalized spacial score (nSPS) is 23.3. The Labute approximate surface area is 119 Å². The molecule has 0 saturated carbocycles. The molecular formula is C14H23N3O3. The van der Waals surface area contributed by atoms with E-state index in [4.69, 9.17) is 14.9 Å². The van der Waals surface area contributed by atoms with Gasteiger partial charge in [0.15, 0.2) is 0 Å². The van der Waals surface area contributed by atoms with Gasteiger partial charge in [-0.3, -0.25) is 9.69 Å². The van der Waals surface area contributed by atoms with Crippen molar-refractivity contribution in [2.75, 3.05) is 26.8 Å². The molecule has 1 aromatic heterocycles. The van der Waals surface area contributed by atoms with Crippen LogP contribution in [0.3, 0.4) is 0 Å². The number of nitrogens with zero attached hydrogens (tertiary/aromatic N) is 1. The molecule has 3 unspecified atom stereocenters. The molecule has 6 nitrogen and oxygen atoms in total. The Bertz CT molecular complexity index is 458. The van der Waals surface area contributed by atoms with Crippen LogP contribution in [0.1, 0.15) is 24.5 Å². The van der Waals surface area contributed by atoms with Gasteiger partial charge in [-0.2, -0.15) is 0 Å². The van der Waals surface area contributed by atoms with Crippen molar-refractivity contribution in [3.05, 3.63) is 23.7 Å². The quantitative estimate of drug-likeness (QED) is 0.836. The Hall–Kier alpha value is -1.37. The van der Waals surface area contributed by atoms with E-state index >= 15 is 0 Å². The van der Waals surface area contributed by atoms with E-state index in [0.717, 1.165) is 11.5 Å². The summed E-state index contributed by atoms with van der Waals surface area (Å²) in [7, 11) is 1.63. The fourth-order valence-electron chi connectivity index (χ4n) is 2.68. The van der Waals surface area contributed by atoms with Gasteiger partial charge in [0.2, 0.25) is 5.91 Å². The molecule has 3 N–H and O–H groups in total. The number of nitrogens with two attached hydrogens (primary N) is 1. The molecule has 1 fully saturated rings. The zero-order chi connectivity index (χ0) is 14.7. The van der Waals surface area contributed by atoms with Crippen LogP contribution >= 0.6 is 0 Å². The van der Waals surface area contributed by atoms with E-state index in [1.54, 1.807) is 7.05 Å². The number of nitrogens with one attached hydrogen (secondary N) is 1. The molecule has 2 heterocycles. The molecule has 6 heteroatoms. The third-order valence-corrected chi connectivity index (χ3v) is 3.63. The molecule has 1 aliphatic heterocycles. The number of ether oxygens (including phenoxy) is 1. The van der Waals surface area contributed by atoms with Crippen LogP contribution < -0.4 is 11.1 Å². The molecular weight excluding hydrogens is 258 g/mol. The highest BCUT2D eigenvalue weighted by molar-refractivity contribution is 5.81. The van der Waals surface area contributed by atoms with Gasteiger partial charge in [0.05, 0.1) is 19.3 Å². The summed E-state index contributed by atoms with van der Waals surface area (Å²) in [5, 5.41) is 2.68. The number of hydrogen-bond acceptors (Lipinski definition) is 5. The lowest BCUT2D eigenvalue weighted by molar-refractivity contribution is -0.135. The maximum absolute atomic E-state index is 12.0. The molecule has 1 aromatic rings. The molecule has 0 spiro atoms. The van der Waals surface area contributed by atoms with Gasteiger partial charge >= 0.3 is 0 Å². The average molecular weight is 281 g/mol. The Morgan fingerprint density at radius 1 is 1.55 bits per heavy atom. The first-order chi connectivity index (χ1) is 9.54. The van der Waals surface area contributed by atoms with Gasteiger partial charge < -0.3 is 20.2 Å². The summed E-state index contributed by atoms with van der Waals surface area (Å²) in [5.74, 6) is 1.59. The van der Waals surface area contributed by atoms with Crippen molar-refractivity contribution in [1.82, 2.24) is 10.2 Å². The number of hydrogen-bond donors (Lipinski definition) is 2. The van der Waals surface area contributed by atoms with Crippen molar-refractivity contribution >= 4 is 5.91 Å². The zero-order valence-corrected chi connectivity index (χ0v) is 12.3. The molecule has 1 aliphatic rings. The zero-order valence-electron chi connectivity index (χ0n) is 12.3. The fraction of sp³-hybridized carbons (Fsp3) is 0.643. The molecule has 0 aromatic carbocycles. The summed E-state index contributed by atoms with van der Waals surface area (Å²) in [6.07, 6.45) is 0. The second-order valence-corrected chi connectivity index (χ2v) is 5.20. The number of amides is 1.